The molecule has 0 saturated carbocycles. The van der Waals surface area contributed by atoms with E-state index in [0.717, 1.165) is 10.6 Å². The van der Waals surface area contributed by atoms with Gasteiger partial charge < -0.3 is 9.30 Å². The highest BCUT2D eigenvalue weighted by molar-refractivity contribution is 5.99. The van der Waals surface area contributed by atoms with Crippen molar-refractivity contribution in [3.8, 4) is 0 Å². The van der Waals surface area contributed by atoms with Crippen LogP contribution in [0.5, 0.6) is 0 Å². The quantitative estimate of drug-likeness (QED) is 0.262. The monoisotopic (exact) mass is 343 g/mol. The highest BCUT2D eigenvalue weighted by atomic mass is 19.4. The Kier molecular flexibility index (Phi) is 5.62. The van der Waals surface area contributed by atoms with E-state index in [2.05, 4.69) is 4.74 Å². The summed E-state index contributed by atoms with van der Waals surface area (Å²) in [6.07, 6.45) is -9.41. The molecular formula is C13H11F6NO3. The van der Waals surface area contributed by atoms with Gasteiger partial charge in [0.25, 0.3) is 11.6 Å². The van der Waals surface area contributed by atoms with Crippen LogP contribution >= 0.6 is 0 Å². The maximum Gasteiger partial charge on any atom is 0.456 e. The summed E-state index contributed by atoms with van der Waals surface area (Å²) in [6, 6.07) is 2.29. The number of carbonyl (C=O) groups excluding carboxylic acids is 2. The van der Waals surface area contributed by atoms with Crippen molar-refractivity contribution < 1.29 is 40.7 Å². The Morgan fingerprint density at radius 1 is 1.13 bits per heavy atom. The number of ketones is 2. The fraction of sp³-hybridized carbons (Fsp3) is 0.385. The summed E-state index contributed by atoms with van der Waals surface area (Å²) < 4.78 is 78.6. The van der Waals surface area contributed by atoms with Gasteiger partial charge in [0.15, 0.2) is 0 Å². The minimum Gasteiger partial charge on any atom is -0.499 e. The van der Waals surface area contributed by atoms with Crippen LogP contribution in [0.2, 0.25) is 0 Å². The van der Waals surface area contributed by atoms with Gasteiger partial charge in [-0.25, -0.2) is 0 Å². The average Bonchev–Trinajstić information content (AvgIpc) is 2.76. The topological polar surface area (TPSA) is 48.3 Å². The summed E-state index contributed by atoms with van der Waals surface area (Å²) >= 11 is 0. The van der Waals surface area contributed by atoms with Gasteiger partial charge in [0, 0.05) is 11.8 Å². The maximum absolute atomic E-state index is 12.4. The summed E-state index contributed by atoms with van der Waals surface area (Å²) in [7, 11) is 0. The van der Waals surface area contributed by atoms with Gasteiger partial charge in [0.1, 0.15) is 6.61 Å². The number of aromatic nitrogens is 1. The molecule has 4 nitrogen and oxygen atoms in total. The highest BCUT2D eigenvalue weighted by Crippen LogP contribution is 2.23. The summed E-state index contributed by atoms with van der Waals surface area (Å²) in [5, 5.41) is 0. The second-order valence-electron chi connectivity index (χ2n) is 4.37. The number of hydrogen-bond acceptors (Lipinski definition) is 3. The second-order valence-corrected chi connectivity index (χ2v) is 4.37. The van der Waals surface area contributed by atoms with Gasteiger partial charge in [-0.05, 0) is 19.1 Å². The van der Waals surface area contributed by atoms with Crippen molar-refractivity contribution in [2.75, 3.05) is 6.61 Å². The fourth-order valence-electron chi connectivity index (χ4n) is 1.63. The van der Waals surface area contributed by atoms with Crippen LogP contribution in [0.1, 0.15) is 16.2 Å². The SMILES string of the molecule is Cc1ccc(C(=O)C(F)(F)F)n1CCO/C=C/C(=O)C(F)(F)F. The Hall–Kier alpha value is -2.26. The first-order valence-corrected chi connectivity index (χ1v) is 6.11. The van der Waals surface area contributed by atoms with Gasteiger partial charge in [-0.3, -0.25) is 9.59 Å². The van der Waals surface area contributed by atoms with Gasteiger partial charge in [-0.15, -0.1) is 0 Å². The van der Waals surface area contributed by atoms with E-state index in [1.165, 1.54) is 13.0 Å². The van der Waals surface area contributed by atoms with E-state index in [4.69, 9.17) is 0 Å². The van der Waals surface area contributed by atoms with Crippen LogP contribution in [-0.2, 0) is 16.1 Å². The van der Waals surface area contributed by atoms with E-state index < -0.39 is 29.6 Å². The molecule has 10 heteroatoms. The summed E-state index contributed by atoms with van der Waals surface area (Å²) in [6.45, 7) is 0.923. The molecule has 0 amide bonds. The largest absolute Gasteiger partial charge is 0.499 e. The van der Waals surface area contributed by atoms with Crippen molar-refractivity contribution in [1.29, 1.82) is 0 Å². The summed E-state index contributed by atoms with van der Waals surface area (Å²) in [4.78, 5) is 21.7. The third-order valence-electron chi connectivity index (χ3n) is 2.72. The molecule has 1 rings (SSSR count). The van der Waals surface area contributed by atoms with Gasteiger partial charge in [-0.1, -0.05) is 0 Å². The van der Waals surface area contributed by atoms with Gasteiger partial charge in [0.2, 0.25) is 0 Å². The van der Waals surface area contributed by atoms with Crippen molar-refractivity contribution in [3.63, 3.8) is 0 Å². The smallest absolute Gasteiger partial charge is 0.456 e. The number of halogens is 6. The second kappa shape index (κ2) is 6.88. The van der Waals surface area contributed by atoms with E-state index in [1.54, 1.807) is 0 Å². The molecular weight excluding hydrogens is 332 g/mol. The number of ether oxygens (including phenoxy) is 1. The van der Waals surface area contributed by atoms with Crippen LogP contribution < -0.4 is 0 Å². The Morgan fingerprint density at radius 2 is 1.74 bits per heavy atom. The molecule has 0 unspecified atom stereocenters. The van der Waals surface area contributed by atoms with Gasteiger partial charge >= 0.3 is 12.4 Å². The molecule has 1 aromatic rings. The van der Waals surface area contributed by atoms with Gasteiger partial charge in [-0.2, -0.15) is 26.3 Å². The molecule has 1 aromatic heterocycles. The van der Waals surface area contributed by atoms with E-state index in [9.17, 15) is 35.9 Å². The number of hydrogen-bond donors (Lipinski definition) is 0. The van der Waals surface area contributed by atoms with E-state index in [0.29, 0.717) is 12.0 Å². The normalized spacial score (nSPS) is 12.7. The lowest BCUT2D eigenvalue weighted by Crippen LogP contribution is -2.26. The molecule has 0 aliphatic rings. The first kappa shape index (κ1) is 18.8. The zero-order valence-electron chi connectivity index (χ0n) is 11.7. The summed E-state index contributed by atoms with van der Waals surface area (Å²) in [5.74, 6) is -4.16. The van der Waals surface area contributed by atoms with Crippen LogP contribution in [0.15, 0.2) is 24.5 Å². The molecule has 0 N–H and O–H groups in total. The van der Waals surface area contributed by atoms with E-state index >= 15 is 0 Å². The lowest BCUT2D eigenvalue weighted by Gasteiger charge is -2.12. The zero-order valence-corrected chi connectivity index (χ0v) is 11.7. The van der Waals surface area contributed by atoms with Crippen molar-refractivity contribution in [2.45, 2.75) is 25.8 Å². The third kappa shape index (κ3) is 5.15. The van der Waals surface area contributed by atoms with Crippen LogP contribution in [-0.4, -0.2) is 35.1 Å². The molecule has 0 bridgehead atoms. The molecule has 0 spiro atoms. The number of allylic oxidation sites excluding steroid dienone is 1. The first-order chi connectivity index (χ1) is 10.4. The third-order valence-corrected chi connectivity index (χ3v) is 2.72. The summed E-state index contributed by atoms with van der Waals surface area (Å²) in [5.41, 5.74) is -0.259. The molecule has 0 aliphatic heterocycles. The van der Waals surface area contributed by atoms with E-state index in [1.807, 2.05) is 0 Å². The fourth-order valence-corrected chi connectivity index (χ4v) is 1.63. The number of aryl methyl sites for hydroxylation is 1. The lowest BCUT2D eigenvalue weighted by molar-refractivity contribution is -0.165. The van der Waals surface area contributed by atoms with Gasteiger partial charge in [0.05, 0.1) is 18.5 Å². The van der Waals surface area contributed by atoms with Crippen LogP contribution in [0.25, 0.3) is 0 Å². The van der Waals surface area contributed by atoms with Crippen LogP contribution in [0, 0.1) is 6.92 Å². The predicted octanol–water partition coefficient (Wildman–Crippen LogP) is 3.20. The Labute approximate surface area is 126 Å². The number of nitrogens with zero attached hydrogens (tertiary/aromatic N) is 1. The predicted molar refractivity (Wildman–Crippen MR) is 65.7 cm³/mol. The molecule has 0 aliphatic carbocycles. The molecule has 1 heterocycles. The maximum atomic E-state index is 12.4. The molecule has 0 fully saturated rings. The number of alkyl halides is 6. The minimum absolute atomic E-state index is 0.157. The minimum atomic E-state index is -5.04. The van der Waals surface area contributed by atoms with Crippen molar-refractivity contribution in [1.82, 2.24) is 4.57 Å². The zero-order chi connectivity index (χ0) is 17.8. The average molecular weight is 343 g/mol. The first-order valence-electron chi connectivity index (χ1n) is 6.11. The molecule has 23 heavy (non-hydrogen) atoms. The van der Waals surface area contributed by atoms with Crippen molar-refractivity contribution in [2.24, 2.45) is 0 Å². The van der Waals surface area contributed by atoms with Crippen LogP contribution in [0.3, 0.4) is 0 Å². The Bertz CT molecular complexity index is 612. The van der Waals surface area contributed by atoms with Crippen molar-refractivity contribution >= 4 is 11.6 Å². The highest BCUT2D eigenvalue weighted by Gasteiger charge is 2.41. The number of carbonyl (C=O) groups is 2. The van der Waals surface area contributed by atoms with Crippen molar-refractivity contribution in [3.05, 3.63) is 35.9 Å². The Morgan fingerprint density at radius 3 is 2.26 bits per heavy atom. The van der Waals surface area contributed by atoms with Crippen LogP contribution in [0.4, 0.5) is 26.3 Å². The molecule has 0 radical (unpaired) electrons. The number of Topliss-reactive ketones (excluding diaryl/α,β-unsaturated/α-hetero) is 1. The lowest BCUT2D eigenvalue weighted by atomic mass is 10.3. The molecule has 0 aromatic carbocycles. The Balaban J connectivity index is 2.66. The molecule has 0 atom stereocenters. The number of rotatable bonds is 6. The molecule has 128 valence electrons. The molecule has 0 saturated heterocycles. The van der Waals surface area contributed by atoms with E-state index in [-0.39, 0.29) is 19.2 Å². The standard InChI is InChI=1S/C13H11F6NO3/c1-8-2-3-9(11(22)13(17,18)19)20(8)5-7-23-6-4-10(21)12(14,15)16/h2-4,6H,5,7H2,1H3/b6-4+.